The van der Waals surface area contributed by atoms with Crippen LogP contribution in [0.25, 0.3) is 10.8 Å². The van der Waals surface area contributed by atoms with Crippen molar-refractivity contribution in [3.8, 4) is 0 Å². The van der Waals surface area contributed by atoms with Gasteiger partial charge in [-0.2, -0.15) is 0 Å². The Kier molecular flexibility index (Phi) is 1.82. The molecular formula is C10H8AsN. The molecule has 0 aliphatic carbocycles. The first-order chi connectivity index (χ1) is 5.79. The number of benzene rings is 2. The molecule has 12 heavy (non-hydrogen) atoms. The molecule has 0 heterocycles. The van der Waals surface area contributed by atoms with E-state index in [1.807, 2.05) is 18.2 Å². The third-order valence-corrected chi connectivity index (χ3v) is 2.70. The molecule has 0 bridgehead atoms. The van der Waals surface area contributed by atoms with Gasteiger partial charge < -0.3 is 0 Å². The van der Waals surface area contributed by atoms with Crippen LogP contribution in [0.3, 0.4) is 0 Å². The molecule has 0 aromatic heterocycles. The Balaban J connectivity index is 2.96. The molecule has 0 aliphatic rings. The van der Waals surface area contributed by atoms with E-state index in [-0.39, 0.29) is 0 Å². The first kappa shape index (κ1) is 7.69. The summed E-state index contributed by atoms with van der Waals surface area (Å²) in [6.45, 7) is 0. The van der Waals surface area contributed by atoms with Crippen LogP contribution in [-0.4, -0.2) is 16.9 Å². The molecule has 0 saturated heterocycles. The summed E-state index contributed by atoms with van der Waals surface area (Å²) in [7, 11) is 0. The zero-order chi connectivity index (χ0) is 8.55. The summed E-state index contributed by atoms with van der Waals surface area (Å²) in [6, 6.07) is 12.1. The molecule has 0 unspecified atom stereocenters. The van der Waals surface area contributed by atoms with E-state index in [9.17, 15) is 0 Å². The molecule has 0 aliphatic heterocycles. The van der Waals surface area contributed by atoms with Crippen molar-refractivity contribution in [2.45, 2.75) is 0 Å². The van der Waals surface area contributed by atoms with Crippen LogP contribution >= 0.6 is 0 Å². The Hall–Kier alpha value is -0.942. The minimum atomic E-state index is 0.851. The summed E-state index contributed by atoms with van der Waals surface area (Å²) >= 11 is 2.54. The predicted octanol–water partition coefficient (Wildman–Crippen LogP) is 1.22. The molecule has 0 atom stereocenters. The van der Waals surface area contributed by atoms with Gasteiger partial charge in [0.1, 0.15) is 0 Å². The zero-order valence-electron chi connectivity index (χ0n) is 6.49. The van der Waals surface area contributed by atoms with Gasteiger partial charge in [0, 0.05) is 0 Å². The van der Waals surface area contributed by atoms with Gasteiger partial charge in [-0.1, -0.05) is 0 Å². The van der Waals surface area contributed by atoms with E-state index < -0.39 is 0 Å². The second kappa shape index (κ2) is 2.84. The van der Waals surface area contributed by atoms with Gasteiger partial charge >= 0.3 is 79.8 Å². The van der Waals surface area contributed by atoms with Crippen LogP contribution in [0.5, 0.6) is 0 Å². The molecule has 0 fully saturated rings. The van der Waals surface area contributed by atoms with E-state index in [0.29, 0.717) is 0 Å². The molecule has 0 amide bonds. The van der Waals surface area contributed by atoms with Gasteiger partial charge in [0.25, 0.3) is 0 Å². The van der Waals surface area contributed by atoms with E-state index in [1.165, 1.54) is 9.74 Å². The van der Waals surface area contributed by atoms with Gasteiger partial charge in [0.05, 0.1) is 0 Å². The minimum absolute atomic E-state index is 0.851. The topological polar surface area (TPSA) is 26.0 Å². The quantitative estimate of drug-likeness (QED) is 0.521. The van der Waals surface area contributed by atoms with Crippen LogP contribution in [0.4, 0.5) is 5.69 Å². The molecule has 2 rings (SSSR count). The van der Waals surface area contributed by atoms with Crippen molar-refractivity contribution in [2.24, 2.45) is 0 Å². The number of hydrogen-bond donors (Lipinski definition) is 1. The molecule has 1 nitrogen and oxygen atoms in total. The molecule has 0 saturated carbocycles. The average Bonchev–Trinajstić information content (AvgIpc) is 2.04. The van der Waals surface area contributed by atoms with Crippen LogP contribution in [0.1, 0.15) is 0 Å². The van der Waals surface area contributed by atoms with Crippen molar-refractivity contribution in [1.29, 1.82) is 0 Å². The van der Waals surface area contributed by atoms with Gasteiger partial charge in [-0.25, -0.2) is 0 Å². The summed E-state index contributed by atoms with van der Waals surface area (Å²) < 4.78 is 1.18. The van der Waals surface area contributed by atoms with Crippen LogP contribution < -0.4 is 10.1 Å². The molecule has 0 spiro atoms. The predicted molar refractivity (Wildman–Crippen MR) is 53.7 cm³/mol. The maximum atomic E-state index is 5.85. The van der Waals surface area contributed by atoms with Gasteiger partial charge in [-0.15, -0.1) is 0 Å². The zero-order valence-corrected chi connectivity index (χ0v) is 8.37. The molecule has 2 heteroatoms. The van der Waals surface area contributed by atoms with Crippen LogP contribution in [0.15, 0.2) is 36.4 Å². The molecule has 2 aromatic rings. The summed E-state index contributed by atoms with van der Waals surface area (Å²) in [6.07, 6.45) is 0. The van der Waals surface area contributed by atoms with E-state index >= 15 is 0 Å². The number of anilines is 1. The van der Waals surface area contributed by atoms with E-state index in [1.54, 1.807) is 0 Å². The standard InChI is InChI=1S/C10H8AsN/c11-8-5-1-3-7-4-2-6-9(12)10(7)8/h1-6H,12H2. The molecule has 58 valence electrons. The van der Waals surface area contributed by atoms with Crippen LogP contribution in [0, 0.1) is 0 Å². The first-order valence-corrected chi connectivity index (χ1v) is 4.69. The van der Waals surface area contributed by atoms with Crippen molar-refractivity contribution >= 4 is 37.7 Å². The normalized spacial score (nSPS) is 10.4. The summed E-state index contributed by atoms with van der Waals surface area (Å²) in [4.78, 5) is 0. The monoisotopic (exact) mass is 217 g/mol. The number of hydrogen-bond acceptors (Lipinski definition) is 1. The van der Waals surface area contributed by atoms with Gasteiger partial charge in [-0.3, -0.25) is 0 Å². The Morgan fingerprint density at radius 2 is 1.67 bits per heavy atom. The van der Waals surface area contributed by atoms with Crippen molar-refractivity contribution in [1.82, 2.24) is 0 Å². The fourth-order valence-electron chi connectivity index (χ4n) is 1.35. The van der Waals surface area contributed by atoms with E-state index in [4.69, 9.17) is 5.73 Å². The van der Waals surface area contributed by atoms with Gasteiger partial charge in [-0.05, 0) is 0 Å². The fourth-order valence-corrected chi connectivity index (χ4v) is 2.07. The second-order valence-electron chi connectivity index (χ2n) is 2.72. The van der Waals surface area contributed by atoms with Crippen molar-refractivity contribution in [3.05, 3.63) is 36.4 Å². The average molecular weight is 217 g/mol. The number of nitrogen functional groups attached to an aromatic ring is 1. The Morgan fingerprint density at radius 1 is 1.00 bits per heavy atom. The summed E-state index contributed by atoms with van der Waals surface area (Å²) in [5.74, 6) is 0. The first-order valence-electron chi connectivity index (χ1n) is 3.75. The second-order valence-corrected chi connectivity index (χ2v) is 3.73. The molecule has 2 aromatic carbocycles. The Morgan fingerprint density at radius 3 is 2.33 bits per heavy atom. The number of nitrogens with two attached hydrogens (primary N) is 1. The van der Waals surface area contributed by atoms with Crippen molar-refractivity contribution in [3.63, 3.8) is 0 Å². The van der Waals surface area contributed by atoms with E-state index in [0.717, 1.165) is 11.1 Å². The van der Waals surface area contributed by atoms with Crippen LogP contribution in [-0.2, 0) is 0 Å². The number of fused-ring (bicyclic) bond motifs is 1. The van der Waals surface area contributed by atoms with Crippen molar-refractivity contribution in [2.75, 3.05) is 5.73 Å². The third-order valence-electron chi connectivity index (χ3n) is 1.91. The summed E-state index contributed by atoms with van der Waals surface area (Å²) in [5, 5.41) is 2.35. The third kappa shape index (κ3) is 1.11. The Labute approximate surface area is 80.1 Å². The van der Waals surface area contributed by atoms with Crippen molar-refractivity contribution < 1.29 is 0 Å². The van der Waals surface area contributed by atoms with E-state index in [2.05, 4.69) is 35.1 Å². The maximum absolute atomic E-state index is 5.85. The van der Waals surface area contributed by atoms with Gasteiger partial charge in [0.15, 0.2) is 0 Å². The molecule has 2 radical (unpaired) electrons. The van der Waals surface area contributed by atoms with Gasteiger partial charge in [0.2, 0.25) is 0 Å². The fraction of sp³-hybridized carbons (Fsp3) is 0. The van der Waals surface area contributed by atoms with Crippen LogP contribution in [0.2, 0.25) is 0 Å². The summed E-state index contributed by atoms with van der Waals surface area (Å²) in [5.41, 5.74) is 6.70. The Bertz CT molecular complexity index is 386. The SMILES string of the molecule is Nc1cccc2cccc([As])c12. The molecular weight excluding hydrogens is 209 g/mol. The number of rotatable bonds is 0. The molecule has 2 N–H and O–H groups in total.